The first-order valence-electron chi connectivity index (χ1n) is 4.97. The number of halogens is 2. The molecule has 1 N–H and O–H groups in total. The standard InChI is InChI=1S/C11H12ClFO4S/c1-11(2,10(14)15)18(16,17)6-7-3-4-8(12)9(13)5-7/h3-5H,6H2,1-2H3,(H,14,15). The van der Waals surface area contributed by atoms with Gasteiger partial charge in [0.1, 0.15) is 5.82 Å². The molecule has 0 aromatic heterocycles. The molecule has 100 valence electrons. The van der Waals surface area contributed by atoms with Crippen LogP contribution in [-0.4, -0.2) is 24.2 Å². The van der Waals surface area contributed by atoms with Crippen LogP contribution >= 0.6 is 11.6 Å². The van der Waals surface area contributed by atoms with E-state index in [0.29, 0.717) is 0 Å². The molecule has 0 bridgehead atoms. The number of carboxylic acids is 1. The molecule has 0 aliphatic carbocycles. The monoisotopic (exact) mass is 294 g/mol. The molecule has 0 radical (unpaired) electrons. The fourth-order valence-electron chi connectivity index (χ4n) is 1.16. The summed E-state index contributed by atoms with van der Waals surface area (Å²) in [4.78, 5) is 10.9. The third-order valence-corrected chi connectivity index (χ3v) is 5.38. The average molecular weight is 295 g/mol. The van der Waals surface area contributed by atoms with Gasteiger partial charge in [0, 0.05) is 0 Å². The minimum Gasteiger partial charge on any atom is -0.480 e. The van der Waals surface area contributed by atoms with E-state index in [4.69, 9.17) is 16.7 Å². The van der Waals surface area contributed by atoms with Crippen LogP contribution in [0.4, 0.5) is 4.39 Å². The maximum Gasteiger partial charge on any atom is 0.324 e. The largest absolute Gasteiger partial charge is 0.480 e. The highest BCUT2D eigenvalue weighted by Gasteiger charge is 2.41. The van der Waals surface area contributed by atoms with Crippen LogP contribution in [0.15, 0.2) is 18.2 Å². The lowest BCUT2D eigenvalue weighted by Crippen LogP contribution is -2.41. The van der Waals surface area contributed by atoms with E-state index in [2.05, 4.69) is 0 Å². The number of carboxylic acid groups (broad SMARTS) is 1. The zero-order valence-electron chi connectivity index (χ0n) is 9.78. The number of rotatable bonds is 4. The van der Waals surface area contributed by atoms with Crippen molar-refractivity contribution in [1.82, 2.24) is 0 Å². The minimum absolute atomic E-state index is 0.117. The molecule has 7 heteroatoms. The van der Waals surface area contributed by atoms with Gasteiger partial charge in [0.15, 0.2) is 14.6 Å². The molecule has 0 aliphatic heterocycles. The maximum absolute atomic E-state index is 13.2. The predicted molar refractivity (Wildman–Crippen MR) is 65.7 cm³/mol. The summed E-state index contributed by atoms with van der Waals surface area (Å²) in [7, 11) is -3.95. The van der Waals surface area contributed by atoms with Crippen LogP contribution in [0.25, 0.3) is 0 Å². The van der Waals surface area contributed by atoms with Gasteiger partial charge in [-0.1, -0.05) is 17.7 Å². The molecular formula is C11H12ClFO4S. The van der Waals surface area contributed by atoms with E-state index in [9.17, 15) is 17.6 Å². The van der Waals surface area contributed by atoms with Crippen molar-refractivity contribution in [3.8, 4) is 0 Å². The lowest BCUT2D eigenvalue weighted by Gasteiger charge is -2.19. The summed E-state index contributed by atoms with van der Waals surface area (Å²) in [6, 6.07) is 3.56. The van der Waals surface area contributed by atoms with Gasteiger partial charge in [0.05, 0.1) is 10.8 Å². The van der Waals surface area contributed by atoms with Gasteiger partial charge in [-0.2, -0.15) is 0 Å². The van der Waals surface area contributed by atoms with Crippen LogP contribution in [0.5, 0.6) is 0 Å². The molecular weight excluding hydrogens is 283 g/mol. The van der Waals surface area contributed by atoms with Crippen molar-refractivity contribution in [2.75, 3.05) is 0 Å². The van der Waals surface area contributed by atoms with Crippen molar-refractivity contribution in [1.29, 1.82) is 0 Å². The first kappa shape index (κ1) is 14.9. The Morgan fingerprint density at radius 1 is 1.44 bits per heavy atom. The average Bonchev–Trinajstić information content (AvgIpc) is 2.22. The van der Waals surface area contributed by atoms with Crippen LogP contribution in [-0.2, 0) is 20.4 Å². The number of benzene rings is 1. The zero-order valence-corrected chi connectivity index (χ0v) is 11.3. The van der Waals surface area contributed by atoms with Crippen LogP contribution in [0.2, 0.25) is 5.02 Å². The Kier molecular flexibility index (Phi) is 4.02. The topological polar surface area (TPSA) is 71.4 Å². The smallest absolute Gasteiger partial charge is 0.324 e. The Balaban J connectivity index is 3.10. The molecule has 0 spiro atoms. The van der Waals surface area contributed by atoms with Crippen LogP contribution in [0.1, 0.15) is 19.4 Å². The number of carbonyl (C=O) groups is 1. The summed E-state index contributed by atoms with van der Waals surface area (Å²) in [6.45, 7) is 2.19. The Hall–Kier alpha value is -1.14. The summed E-state index contributed by atoms with van der Waals surface area (Å²) in [5, 5.41) is 8.76. The normalized spacial score (nSPS) is 12.4. The first-order valence-corrected chi connectivity index (χ1v) is 7.00. The minimum atomic E-state index is -3.95. The van der Waals surface area contributed by atoms with E-state index in [1.807, 2.05) is 0 Å². The molecule has 4 nitrogen and oxygen atoms in total. The molecule has 1 aromatic rings. The third kappa shape index (κ3) is 2.81. The number of sulfone groups is 1. The molecule has 18 heavy (non-hydrogen) atoms. The summed E-state index contributed by atoms with van der Waals surface area (Å²) in [6.07, 6.45) is 0. The molecule has 0 amide bonds. The molecule has 0 fully saturated rings. The Labute approximate surface area is 109 Å². The summed E-state index contributed by atoms with van der Waals surface area (Å²) >= 11 is 5.47. The number of hydrogen-bond donors (Lipinski definition) is 1. The number of hydrogen-bond acceptors (Lipinski definition) is 3. The van der Waals surface area contributed by atoms with E-state index in [0.717, 1.165) is 19.9 Å². The van der Waals surface area contributed by atoms with Crippen LogP contribution in [0.3, 0.4) is 0 Å². The van der Waals surface area contributed by atoms with Crippen LogP contribution in [0, 0.1) is 5.82 Å². The van der Waals surface area contributed by atoms with Gasteiger partial charge in [-0.15, -0.1) is 0 Å². The lowest BCUT2D eigenvalue weighted by molar-refractivity contribution is -0.139. The number of aliphatic carboxylic acids is 1. The fourth-order valence-corrected chi connectivity index (χ4v) is 2.53. The summed E-state index contributed by atoms with van der Waals surface area (Å²) in [5.41, 5.74) is 0.159. The molecule has 1 rings (SSSR count). The van der Waals surface area contributed by atoms with Gasteiger partial charge in [-0.3, -0.25) is 4.79 Å². The van der Waals surface area contributed by atoms with Crippen molar-refractivity contribution in [3.05, 3.63) is 34.6 Å². The van der Waals surface area contributed by atoms with Gasteiger partial charge in [0.2, 0.25) is 0 Å². The summed E-state index contributed by atoms with van der Waals surface area (Å²) < 4.78 is 35.1. The van der Waals surface area contributed by atoms with E-state index < -0.39 is 32.1 Å². The maximum atomic E-state index is 13.2. The SMILES string of the molecule is CC(C)(C(=O)O)S(=O)(=O)Cc1ccc(Cl)c(F)c1. The second kappa shape index (κ2) is 4.85. The molecule has 0 heterocycles. The Bertz CT molecular complexity index is 581. The Morgan fingerprint density at radius 2 is 2.00 bits per heavy atom. The first-order chi connectivity index (χ1) is 8.08. The van der Waals surface area contributed by atoms with E-state index in [-0.39, 0.29) is 10.6 Å². The van der Waals surface area contributed by atoms with Crippen molar-refractivity contribution >= 4 is 27.4 Å². The quantitative estimate of drug-likeness (QED) is 0.924. The Morgan fingerprint density at radius 3 is 2.44 bits per heavy atom. The second-order valence-corrected chi connectivity index (χ2v) is 7.27. The van der Waals surface area contributed by atoms with Crippen molar-refractivity contribution in [2.24, 2.45) is 0 Å². The lowest BCUT2D eigenvalue weighted by atomic mass is 10.2. The molecule has 1 aromatic carbocycles. The molecule has 0 unspecified atom stereocenters. The van der Waals surface area contributed by atoms with Crippen molar-refractivity contribution in [3.63, 3.8) is 0 Å². The molecule has 0 saturated carbocycles. The van der Waals surface area contributed by atoms with Gasteiger partial charge < -0.3 is 5.11 Å². The van der Waals surface area contributed by atoms with Crippen LogP contribution < -0.4 is 0 Å². The van der Waals surface area contributed by atoms with E-state index >= 15 is 0 Å². The van der Waals surface area contributed by atoms with Gasteiger partial charge in [0.25, 0.3) is 0 Å². The third-order valence-electron chi connectivity index (χ3n) is 2.63. The van der Waals surface area contributed by atoms with Crippen molar-refractivity contribution < 1.29 is 22.7 Å². The van der Waals surface area contributed by atoms with Gasteiger partial charge in [-0.25, -0.2) is 12.8 Å². The van der Waals surface area contributed by atoms with Gasteiger partial charge >= 0.3 is 5.97 Å². The highest BCUT2D eigenvalue weighted by atomic mass is 35.5. The highest BCUT2D eigenvalue weighted by molar-refractivity contribution is 7.92. The van der Waals surface area contributed by atoms with Crippen molar-refractivity contribution in [2.45, 2.75) is 24.3 Å². The molecule has 0 aliphatic rings. The van der Waals surface area contributed by atoms with Gasteiger partial charge in [-0.05, 0) is 31.5 Å². The van der Waals surface area contributed by atoms with E-state index in [1.54, 1.807) is 0 Å². The predicted octanol–water partition coefficient (Wildman–Crippen LogP) is 2.26. The molecule has 0 atom stereocenters. The summed E-state index contributed by atoms with van der Waals surface area (Å²) in [5.74, 6) is -2.74. The zero-order chi connectivity index (χ0) is 14.1. The van der Waals surface area contributed by atoms with E-state index in [1.165, 1.54) is 12.1 Å². The highest BCUT2D eigenvalue weighted by Crippen LogP contribution is 2.23. The molecule has 0 saturated heterocycles. The second-order valence-electron chi connectivity index (χ2n) is 4.32. The fraction of sp³-hybridized carbons (Fsp3) is 0.364.